The Morgan fingerprint density at radius 1 is 1.16 bits per heavy atom. The molecule has 1 rings (SSSR count). The van der Waals surface area contributed by atoms with E-state index < -0.39 is 0 Å². The SMILES string of the molecule is CC(C)=CCCC(C)=CCOc1ccc(S[S])cc1. The van der Waals surface area contributed by atoms with Gasteiger partial charge in [0.25, 0.3) is 0 Å². The summed E-state index contributed by atoms with van der Waals surface area (Å²) in [7, 11) is 1.33. The lowest BCUT2D eigenvalue weighted by atomic mass is 10.1. The summed E-state index contributed by atoms with van der Waals surface area (Å²) in [6.07, 6.45) is 6.62. The summed E-state index contributed by atoms with van der Waals surface area (Å²) in [4.78, 5) is 1.08. The van der Waals surface area contributed by atoms with Gasteiger partial charge in [0.15, 0.2) is 0 Å². The highest BCUT2D eigenvalue weighted by Gasteiger charge is 1.94. The fraction of sp³-hybridized carbons (Fsp3) is 0.375. The predicted octanol–water partition coefficient (Wildman–Crippen LogP) is 5.96. The van der Waals surface area contributed by atoms with Crippen molar-refractivity contribution in [1.82, 2.24) is 0 Å². The Bertz CT molecular complexity index is 429. The first kappa shape index (κ1) is 16.3. The van der Waals surface area contributed by atoms with Gasteiger partial charge in [0, 0.05) is 4.90 Å². The highest BCUT2D eigenvalue weighted by Crippen LogP contribution is 2.23. The third kappa shape index (κ3) is 7.38. The van der Waals surface area contributed by atoms with Gasteiger partial charge in [-0.1, -0.05) is 17.2 Å². The number of rotatable bonds is 7. The highest BCUT2D eigenvalue weighted by molar-refractivity contribution is 8.68. The van der Waals surface area contributed by atoms with Crippen LogP contribution in [0.4, 0.5) is 0 Å². The van der Waals surface area contributed by atoms with Crippen molar-refractivity contribution in [2.75, 3.05) is 6.61 Å². The minimum Gasteiger partial charge on any atom is -0.490 e. The average Bonchev–Trinajstić information content (AvgIpc) is 2.39. The van der Waals surface area contributed by atoms with Crippen LogP contribution in [0.3, 0.4) is 0 Å². The Labute approximate surface area is 125 Å². The van der Waals surface area contributed by atoms with Gasteiger partial charge in [0.05, 0.1) is 0 Å². The first-order valence-corrected chi connectivity index (χ1v) is 8.17. The lowest BCUT2D eigenvalue weighted by Gasteiger charge is -2.05. The van der Waals surface area contributed by atoms with Crippen LogP contribution in [0.5, 0.6) is 5.75 Å². The van der Waals surface area contributed by atoms with E-state index in [2.05, 4.69) is 32.9 Å². The van der Waals surface area contributed by atoms with Gasteiger partial charge in [-0.05, 0) is 86.4 Å². The number of ether oxygens (including phenoxy) is 1. The highest BCUT2D eigenvalue weighted by atomic mass is 33.1. The van der Waals surface area contributed by atoms with E-state index in [1.807, 2.05) is 24.3 Å². The van der Waals surface area contributed by atoms with Crippen LogP contribution in [0, 0.1) is 0 Å². The van der Waals surface area contributed by atoms with Crippen molar-refractivity contribution in [3.8, 4) is 5.75 Å². The van der Waals surface area contributed by atoms with Crippen molar-refractivity contribution < 1.29 is 4.74 Å². The molecule has 0 aliphatic heterocycles. The maximum atomic E-state index is 5.67. The van der Waals surface area contributed by atoms with Gasteiger partial charge in [-0.25, -0.2) is 0 Å². The molecular weight excluding hydrogens is 272 g/mol. The summed E-state index contributed by atoms with van der Waals surface area (Å²) in [5.74, 6) is 0.890. The van der Waals surface area contributed by atoms with Crippen LogP contribution in [0.25, 0.3) is 0 Å². The predicted molar refractivity (Wildman–Crippen MR) is 87.8 cm³/mol. The minimum absolute atomic E-state index is 0.626. The van der Waals surface area contributed by atoms with E-state index in [-0.39, 0.29) is 0 Å². The summed E-state index contributed by atoms with van der Waals surface area (Å²) in [5.41, 5.74) is 2.75. The topological polar surface area (TPSA) is 9.23 Å². The van der Waals surface area contributed by atoms with Crippen molar-refractivity contribution in [1.29, 1.82) is 0 Å². The Morgan fingerprint density at radius 2 is 1.84 bits per heavy atom. The molecule has 19 heavy (non-hydrogen) atoms. The smallest absolute Gasteiger partial charge is 0.119 e. The van der Waals surface area contributed by atoms with E-state index >= 15 is 0 Å². The molecule has 0 aliphatic carbocycles. The molecule has 1 aromatic rings. The first-order valence-electron chi connectivity index (χ1n) is 6.43. The van der Waals surface area contributed by atoms with Crippen LogP contribution in [0.15, 0.2) is 52.5 Å². The van der Waals surface area contributed by atoms with E-state index in [1.165, 1.54) is 21.9 Å². The molecule has 0 amide bonds. The second-order valence-corrected chi connectivity index (χ2v) is 5.87. The average molecular weight is 293 g/mol. The molecule has 3 heteroatoms. The molecule has 0 saturated heterocycles. The monoisotopic (exact) mass is 293 g/mol. The molecule has 0 fully saturated rings. The molecule has 0 spiro atoms. The maximum Gasteiger partial charge on any atom is 0.119 e. The largest absolute Gasteiger partial charge is 0.490 e. The maximum absolute atomic E-state index is 5.67. The van der Waals surface area contributed by atoms with Crippen molar-refractivity contribution >= 4 is 22.5 Å². The van der Waals surface area contributed by atoms with E-state index in [4.69, 9.17) is 16.4 Å². The Balaban J connectivity index is 2.33. The van der Waals surface area contributed by atoms with Crippen LogP contribution in [0.1, 0.15) is 33.6 Å². The molecule has 0 unspecified atom stereocenters. The molecule has 103 valence electrons. The van der Waals surface area contributed by atoms with Gasteiger partial charge in [0.1, 0.15) is 12.4 Å². The van der Waals surface area contributed by atoms with Gasteiger partial charge < -0.3 is 4.74 Å². The zero-order chi connectivity index (χ0) is 14.1. The molecule has 1 radical (unpaired) electrons. The summed E-state index contributed by atoms with van der Waals surface area (Å²) in [5, 5.41) is 0. The van der Waals surface area contributed by atoms with Crippen molar-refractivity contribution in [3.05, 3.63) is 47.6 Å². The van der Waals surface area contributed by atoms with Crippen LogP contribution >= 0.6 is 22.5 Å². The molecule has 1 aromatic carbocycles. The van der Waals surface area contributed by atoms with Crippen LogP contribution in [-0.2, 0) is 0 Å². The van der Waals surface area contributed by atoms with E-state index in [9.17, 15) is 0 Å². The zero-order valence-corrected chi connectivity index (χ0v) is 13.4. The number of hydrogen-bond donors (Lipinski definition) is 0. The van der Waals surface area contributed by atoms with E-state index in [0.29, 0.717) is 6.61 Å². The molecule has 0 atom stereocenters. The number of allylic oxidation sites excluding steroid dienone is 3. The third-order valence-corrected chi connectivity index (χ3v) is 3.73. The Morgan fingerprint density at radius 3 is 2.42 bits per heavy atom. The molecule has 0 bridgehead atoms. The first-order chi connectivity index (χ1) is 9.11. The third-order valence-electron chi connectivity index (χ3n) is 2.69. The van der Waals surface area contributed by atoms with Gasteiger partial charge in [-0.15, -0.1) is 0 Å². The molecule has 1 nitrogen and oxygen atoms in total. The summed E-state index contributed by atoms with van der Waals surface area (Å²) >= 11 is 4.90. The normalized spacial score (nSPS) is 11.3. The standard InChI is InChI=1S/C16H21OS2/c1-13(2)5-4-6-14(3)11-12-17-15-7-9-16(19-18)10-8-15/h5,7-11H,4,6,12H2,1-3H3. The summed E-state index contributed by atoms with van der Waals surface area (Å²) in [6, 6.07) is 7.89. The Hall–Kier alpha value is -0.800. The van der Waals surface area contributed by atoms with Crippen LogP contribution < -0.4 is 4.74 Å². The van der Waals surface area contributed by atoms with E-state index in [1.54, 1.807) is 0 Å². The van der Waals surface area contributed by atoms with Crippen molar-refractivity contribution in [3.63, 3.8) is 0 Å². The zero-order valence-electron chi connectivity index (χ0n) is 11.8. The number of benzene rings is 1. The molecular formula is C16H21OS2. The fourth-order valence-electron chi connectivity index (χ4n) is 1.56. The van der Waals surface area contributed by atoms with Gasteiger partial charge >= 0.3 is 0 Å². The number of hydrogen-bond acceptors (Lipinski definition) is 2. The molecule has 0 saturated carbocycles. The quantitative estimate of drug-likeness (QED) is 0.453. The summed E-state index contributed by atoms with van der Waals surface area (Å²) < 4.78 is 5.67. The molecule has 0 N–H and O–H groups in total. The molecule has 0 aliphatic rings. The van der Waals surface area contributed by atoms with Crippen LogP contribution in [-0.4, -0.2) is 6.61 Å². The second kappa shape index (κ2) is 9.16. The lowest BCUT2D eigenvalue weighted by Crippen LogP contribution is -1.94. The van der Waals surface area contributed by atoms with Gasteiger partial charge in [-0.2, -0.15) is 0 Å². The van der Waals surface area contributed by atoms with E-state index in [0.717, 1.165) is 23.5 Å². The Kier molecular flexibility index (Phi) is 7.84. The second-order valence-electron chi connectivity index (χ2n) is 4.74. The fourth-order valence-corrected chi connectivity index (χ4v) is 2.14. The summed E-state index contributed by atoms with van der Waals surface area (Å²) in [6.45, 7) is 7.04. The minimum atomic E-state index is 0.626. The van der Waals surface area contributed by atoms with Crippen molar-refractivity contribution in [2.24, 2.45) is 0 Å². The van der Waals surface area contributed by atoms with Crippen molar-refractivity contribution in [2.45, 2.75) is 38.5 Å². The van der Waals surface area contributed by atoms with Gasteiger partial charge in [0.2, 0.25) is 0 Å². The lowest BCUT2D eigenvalue weighted by molar-refractivity contribution is 0.361. The van der Waals surface area contributed by atoms with Gasteiger partial charge in [-0.3, -0.25) is 0 Å². The van der Waals surface area contributed by atoms with Crippen LogP contribution in [0.2, 0.25) is 0 Å². The molecule has 0 heterocycles. The molecule has 0 aromatic heterocycles.